The van der Waals surface area contributed by atoms with Gasteiger partial charge in [0, 0.05) is 37.6 Å². The van der Waals surface area contributed by atoms with Crippen molar-refractivity contribution in [3.8, 4) is 6.07 Å². The summed E-state index contributed by atoms with van der Waals surface area (Å²) in [5.41, 5.74) is 0.978. The monoisotopic (exact) mass is 519 g/mol. The predicted octanol–water partition coefficient (Wildman–Crippen LogP) is 3.18. The summed E-state index contributed by atoms with van der Waals surface area (Å²) in [4.78, 5) is 34.3. The molecule has 1 aromatic carbocycles. The van der Waals surface area contributed by atoms with Gasteiger partial charge < -0.3 is 20.2 Å². The van der Waals surface area contributed by atoms with Crippen LogP contribution in [0.15, 0.2) is 36.8 Å². The molecule has 5 rings (SSSR count). The van der Waals surface area contributed by atoms with Crippen LogP contribution in [-0.2, 0) is 6.54 Å². The number of hydrogen-bond donors (Lipinski definition) is 2. The van der Waals surface area contributed by atoms with E-state index in [1.54, 1.807) is 30.6 Å². The van der Waals surface area contributed by atoms with Crippen molar-refractivity contribution < 1.29 is 19.1 Å². The molecule has 2 amide bonds. The number of hydrogen-bond acceptors (Lipinski definition) is 7. The smallest absolute Gasteiger partial charge is 0.261 e. The lowest BCUT2D eigenvalue weighted by molar-refractivity contribution is -0.0159. The van der Waals surface area contributed by atoms with E-state index in [0.29, 0.717) is 59.6 Å². The normalized spacial score (nSPS) is 17.8. The van der Waals surface area contributed by atoms with E-state index in [-0.39, 0.29) is 19.0 Å². The van der Waals surface area contributed by atoms with Crippen LogP contribution in [-0.4, -0.2) is 67.8 Å². The molecule has 1 saturated heterocycles. The molecular formula is C27H30FN7O3. The van der Waals surface area contributed by atoms with Crippen molar-refractivity contribution >= 4 is 28.8 Å². The Bertz CT molecular complexity index is 1450. The van der Waals surface area contributed by atoms with Crippen molar-refractivity contribution in [1.82, 2.24) is 19.5 Å². The molecule has 2 N–H and O–H groups in total. The van der Waals surface area contributed by atoms with Gasteiger partial charge >= 0.3 is 0 Å². The van der Waals surface area contributed by atoms with Gasteiger partial charge in [-0.1, -0.05) is 0 Å². The van der Waals surface area contributed by atoms with Gasteiger partial charge in [0.25, 0.3) is 11.8 Å². The van der Waals surface area contributed by atoms with Crippen molar-refractivity contribution in [2.75, 3.05) is 29.9 Å². The van der Waals surface area contributed by atoms with Crippen molar-refractivity contribution in [3.05, 3.63) is 53.5 Å². The lowest BCUT2D eigenvalue weighted by atomic mass is 9.82. The summed E-state index contributed by atoms with van der Waals surface area (Å²) in [6, 6.07) is 7.61. The molecule has 1 atom stereocenters. The minimum Gasteiger partial charge on any atom is -0.387 e. The fourth-order valence-electron chi connectivity index (χ4n) is 4.87. The SMILES string of the molecule is CC1(C#N)CCN(c2cc3c(cc2NC(=O)c2cnn4cccnc24)CN(C[C@@H](F)C(C)(C)O)C3=O)CC1. The number of nitrogens with one attached hydrogen (secondary N) is 1. The Hall–Kier alpha value is -4.04. The number of benzene rings is 1. The highest BCUT2D eigenvalue weighted by molar-refractivity contribution is 6.10. The second kappa shape index (κ2) is 9.36. The number of nitrogens with zero attached hydrogens (tertiary/aromatic N) is 6. The quantitative estimate of drug-likeness (QED) is 0.512. The van der Waals surface area contributed by atoms with Crippen LogP contribution in [0.5, 0.6) is 0 Å². The number of amides is 2. The number of fused-ring (bicyclic) bond motifs is 2. The molecule has 38 heavy (non-hydrogen) atoms. The molecule has 2 aliphatic rings. The minimum absolute atomic E-state index is 0.165. The van der Waals surface area contributed by atoms with Gasteiger partial charge in [0.1, 0.15) is 11.7 Å². The third-order valence-electron chi connectivity index (χ3n) is 7.50. The first-order valence-corrected chi connectivity index (χ1v) is 12.6. The average molecular weight is 520 g/mol. The molecule has 2 aromatic heterocycles. The van der Waals surface area contributed by atoms with Crippen LogP contribution >= 0.6 is 0 Å². The zero-order chi connectivity index (χ0) is 27.2. The maximum Gasteiger partial charge on any atom is 0.261 e. The van der Waals surface area contributed by atoms with Gasteiger partial charge in [0.2, 0.25) is 0 Å². The van der Waals surface area contributed by atoms with Gasteiger partial charge in [-0.25, -0.2) is 13.9 Å². The number of carbonyl (C=O) groups is 2. The average Bonchev–Trinajstić information content (AvgIpc) is 3.44. The number of alkyl halides is 1. The third kappa shape index (κ3) is 4.67. The second-order valence-corrected chi connectivity index (χ2v) is 10.9. The van der Waals surface area contributed by atoms with Crippen LogP contribution in [0.1, 0.15) is 59.9 Å². The molecule has 3 aromatic rings. The zero-order valence-corrected chi connectivity index (χ0v) is 21.6. The molecule has 0 radical (unpaired) electrons. The Morgan fingerprint density at radius 2 is 2.08 bits per heavy atom. The highest BCUT2D eigenvalue weighted by atomic mass is 19.1. The Balaban J connectivity index is 1.48. The molecule has 0 saturated carbocycles. The highest BCUT2D eigenvalue weighted by Crippen LogP contribution is 2.39. The summed E-state index contributed by atoms with van der Waals surface area (Å²) < 4.78 is 16.1. The van der Waals surface area contributed by atoms with Crippen molar-refractivity contribution in [1.29, 1.82) is 5.26 Å². The molecule has 2 aliphatic heterocycles. The first kappa shape index (κ1) is 25.6. The van der Waals surface area contributed by atoms with Crippen LogP contribution in [0.25, 0.3) is 5.65 Å². The Labute approximate surface area is 219 Å². The molecule has 11 heteroatoms. The fraction of sp³-hybridized carbons (Fsp3) is 0.444. The molecular weight excluding hydrogens is 489 g/mol. The van der Waals surface area contributed by atoms with Gasteiger partial charge in [-0.05, 0) is 57.4 Å². The van der Waals surface area contributed by atoms with E-state index in [4.69, 9.17) is 0 Å². The van der Waals surface area contributed by atoms with Crippen LogP contribution in [0, 0.1) is 16.7 Å². The van der Waals surface area contributed by atoms with Crippen LogP contribution < -0.4 is 10.2 Å². The maximum absolute atomic E-state index is 14.6. The van der Waals surface area contributed by atoms with Gasteiger partial charge in [-0.15, -0.1) is 0 Å². The number of carbonyl (C=O) groups excluding carboxylic acids is 2. The van der Waals surface area contributed by atoms with Gasteiger partial charge in [-0.3, -0.25) is 9.59 Å². The molecule has 0 aliphatic carbocycles. The molecule has 10 nitrogen and oxygen atoms in total. The van der Waals surface area contributed by atoms with Gasteiger partial charge in [0.15, 0.2) is 5.65 Å². The van der Waals surface area contributed by atoms with E-state index in [1.165, 1.54) is 29.5 Å². The number of rotatable bonds is 6. The first-order chi connectivity index (χ1) is 18.0. The van der Waals surface area contributed by atoms with E-state index in [0.717, 1.165) is 0 Å². The Morgan fingerprint density at radius 3 is 2.76 bits per heavy atom. The molecule has 1 fully saturated rings. The summed E-state index contributed by atoms with van der Waals surface area (Å²) in [6.07, 6.45) is 4.40. The Kier molecular flexibility index (Phi) is 6.31. The first-order valence-electron chi connectivity index (χ1n) is 12.6. The van der Waals surface area contributed by atoms with Gasteiger partial charge in [-0.2, -0.15) is 10.4 Å². The molecule has 0 bridgehead atoms. The van der Waals surface area contributed by atoms with E-state index in [2.05, 4.69) is 26.4 Å². The van der Waals surface area contributed by atoms with Crippen molar-refractivity contribution in [3.63, 3.8) is 0 Å². The van der Waals surface area contributed by atoms with Crippen LogP contribution in [0.3, 0.4) is 0 Å². The lowest BCUT2D eigenvalue weighted by Crippen LogP contribution is -2.42. The lowest BCUT2D eigenvalue weighted by Gasteiger charge is -2.37. The van der Waals surface area contributed by atoms with Crippen molar-refractivity contribution in [2.45, 2.75) is 51.9 Å². The van der Waals surface area contributed by atoms with Crippen molar-refractivity contribution in [2.24, 2.45) is 5.41 Å². The standard InChI is InChI=1S/C27H30FN7O3/c1-26(2,38)22(28)15-34-14-17-11-20(32-24(36)19-13-31-35-8-4-7-30-23(19)35)21(12-18(17)25(34)37)33-9-5-27(3,16-29)6-10-33/h4,7-8,11-13,22,38H,5-6,9-10,14-15H2,1-3H3,(H,32,36)/t22-/m1/s1. The highest BCUT2D eigenvalue weighted by Gasteiger charge is 2.37. The summed E-state index contributed by atoms with van der Waals surface area (Å²) >= 11 is 0. The number of nitriles is 1. The number of anilines is 2. The predicted molar refractivity (Wildman–Crippen MR) is 138 cm³/mol. The summed E-state index contributed by atoms with van der Waals surface area (Å²) in [7, 11) is 0. The second-order valence-electron chi connectivity index (χ2n) is 10.9. The van der Waals surface area contributed by atoms with E-state index >= 15 is 0 Å². The number of halogens is 1. The number of aliphatic hydroxyl groups is 1. The summed E-state index contributed by atoms with van der Waals surface area (Å²) in [5, 5.41) is 26.8. The molecule has 4 heterocycles. The molecule has 198 valence electrons. The summed E-state index contributed by atoms with van der Waals surface area (Å²) in [5.74, 6) is -0.720. The van der Waals surface area contributed by atoms with Gasteiger partial charge in [0.05, 0.1) is 41.2 Å². The number of piperidine rings is 1. The maximum atomic E-state index is 14.6. The Morgan fingerprint density at radius 1 is 1.34 bits per heavy atom. The topological polar surface area (TPSA) is 127 Å². The number of aromatic nitrogens is 3. The van der Waals surface area contributed by atoms with Crippen LogP contribution in [0.4, 0.5) is 15.8 Å². The minimum atomic E-state index is -1.62. The third-order valence-corrected chi connectivity index (χ3v) is 7.50. The van der Waals surface area contributed by atoms with Crippen LogP contribution in [0.2, 0.25) is 0 Å². The zero-order valence-electron chi connectivity index (χ0n) is 21.6. The summed E-state index contributed by atoms with van der Waals surface area (Å²) in [6.45, 7) is 5.76. The molecule has 0 unspecified atom stereocenters. The fourth-order valence-corrected chi connectivity index (χ4v) is 4.87. The van der Waals surface area contributed by atoms with E-state index < -0.39 is 23.1 Å². The van der Waals surface area contributed by atoms with E-state index in [1.807, 2.05) is 6.92 Å². The van der Waals surface area contributed by atoms with E-state index in [9.17, 15) is 24.3 Å². The largest absolute Gasteiger partial charge is 0.387 e. The molecule has 0 spiro atoms.